The fraction of sp³-hybridized carbons (Fsp3) is 0.167. The van der Waals surface area contributed by atoms with Crippen LogP contribution in [-0.4, -0.2) is 11.8 Å². The molecule has 1 saturated heterocycles. The summed E-state index contributed by atoms with van der Waals surface area (Å²) in [6.07, 6.45) is 0. The van der Waals surface area contributed by atoms with Crippen molar-refractivity contribution in [1.82, 2.24) is 0 Å². The van der Waals surface area contributed by atoms with Gasteiger partial charge in [-0.3, -0.25) is 9.59 Å². The number of benzene rings is 3. The number of amides is 2. The van der Waals surface area contributed by atoms with Crippen LogP contribution in [0.25, 0.3) is 0 Å². The van der Waals surface area contributed by atoms with Crippen molar-refractivity contribution in [2.75, 3.05) is 4.90 Å². The van der Waals surface area contributed by atoms with Gasteiger partial charge >= 0.3 is 0 Å². The molecule has 30 heavy (non-hydrogen) atoms. The van der Waals surface area contributed by atoms with Gasteiger partial charge in [-0.2, -0.15) is 0 Å². The van der Waals surface area contributed by atoms with Gasteiger partial charge in [-0.25, -0.2) is 4.90 Å². The van der Waals surface area contributed by atoms with E-state index in [-0.39, 0.29) is 11.8 Å². The number of anilines is 1. The summed E-state index contributed by atoms with van der Waals surface area (Å²) in [6, 6.07) is 23.8. The number of hydrogen-bond donors (Lipinski definition) is 0. The van der Waals surface area contributed by atoms with Crippen molar-refractivity contribution >= 4 is 72.0 Å². The van der Waals surface area contributed by atoms with E-state index in [0.717, 1.165) is 25.8 Å². The number of carbonyl (C=O) groups is 2. The first kappa shape index (κ1) is 19.2. The summed E-state index contributed by atoms with van der Waals surface area (Å²) in [7, 11) is 0. The van der Waals surface area contributed by atoms with Gasteiger partial charge in [0.25, 0.3) is 0 Å². The van der Waals surface area contributed by atoms with Crippen molar-refractivity contribution in [2.45, 2.75) is 8.65 Å². The number of hydrogen-bond acceptors (Lipinski definition) is 2. The molecular formula is C24H14Br2INO2. The lowest BCUT2D eigenvalue weighted by atomic mass is 9.54. The highest BCUT2D eigenvalue weighted by atomic mass is 127. The molecule has 3 aromatic carbocycles. The highest BCUT2D eigenvalue weighted by Gasteiger charge is 2.72. The molecule has 3 nitrogen and oxygen atoms in total. The maximum atomic E-state index is 13.9. The zero-order chi connectivity index (χ0) is 20.8. The maximum absolute atomic E-state index is 13.9. The van der Waals surface area contributed by atoms with Crippen LogP contribution < -0.4 is 4.90 Å². The zero-order valence-corrected chi connectivity index (χ0v) is 20.8. The summed E-state index contributed by atoms with van der Waals surface area (Å²) in [5.74, 6) is -1.38. The summed E-state index contributed by atoms with van der Waals surface area (Å²) in [5, 5.41) is 0. The standard InChI is InChI=1S/C24H14Br2INO2/c25-23-15-8-1-2-9-16(15)24(26,18-11-4-3-10-17(18)23)20-19(23)21(29)28(22(20)30)14-7-5-6-13(27)12-14/h1-12,19-20H/t19-,20+,23?,24?. The molecule has 0 aromatic heterocycles. The van der Waals surface area contributed by atoms with Crippen LogP contribution in [-0.2, 0) is 18.2 Å². The van der Waals surface area contributed by atoms with Crippen LogP contribution in [0.15, 0.2) is 72.8 Å². The predicted octanol–water partition coefficient (Wildman–Crippen LogP) is 5.70. The van der Waals surface area contributed by atoms with Crippen LogP contribution in [0.5, 0.6) is 0 Å². The zero-order valence-electron chi connectivity index (χ0n) is 15.5. The second kappa shape index (κ2) is 6.26. The van der Waals surface area contributed by atoms with Crippen molar-refractivity contribution < 1.29 is 9.59 Å². The van der Waals surface area contributed by atoms with E-state index in [4.69, 9.17) is 0 Å². The van der Waals surface area contributed by atoms with Crippen LogP contribution in [0, 0.1) is 15.4 Å². The van der Waals surface area contributed by atoms with Crippen LogP contribution >= 0.6 is 54.5 Å². The van der Waals surface area contributed by atoms with Crippen molar-refractivity contribution in [2.24, 2.45) is 11.8 Å². The highest BCUT2D eigenvalue weighted by molar-refractivity contribution is 14.1. The summed E-state index contributed by atoms with van der Waals surface area (Å²) in [4.78, 5) is 29.1. The normalized spacial score (nSPS) is 30.8. The molecule has 4 aliphatic rings. The Hall–Kier alpha value is -1.51. The lowest BCUT2D eigenvalue weighted by Crippen LogP contribution is -2.56. The molecule has 0 saturated carbocycles. The first-order valence-corrected chi connectivity index (χ1v) is 12.3. The molecule has 1 heterocycles. The molecule has 0 spiro atoms. The minimum absolute atomic E-state index is 0.156. The van der Waals surface area contributed by atoms with Crippen molar-refractivity contribution in [3.8, 4) is 0 Å². The van der Waals surface area contributed by atoms with Gasteiger partial charge in [0.1, 0.15) is 0 Å². The Balaban J connectivity index is 1.67. The van der Waals surface area contributed by atoms with Gasteiger partial charge in [0, 0.05) is 3.57 Å². The largest absolute Gasteiger partial charge is 0.274 e. The monoisotopic (exact) mass is 633 g/mol. The molecule has 3 aromatic rings. The number of imide groups is 1. The number of rotatable bonds is 1. The second-order valence-corrected chi connectivity index (χ2v) is 11.7. The van der Waals surface area contributed by atoms with Gasteiger partial charge in [0.2, 0.25) is 11.8 Å². The first-order valence-electron chi connectivity index (χ1n) is 9.61. The molecular weight excluding hydrogens is 621 g/mol. The Kier molecular flexibility index (Phi) is 4.01. The van der Waals surface area contributed by atoms with Gasteiger partial charge in [-0.1, -0.05) is 86.5 Å². The third kappa shape index (κ3) is 2.10. The molecule has 2 atom stereocenters. The third-order valence-electron chi connectivity index (χ3n) is 6.65. The molecule has 1 aliphatic heterocycles. The molecule has 0 radical (unpaired) electrons. The average molecular weight is 635 g/mol. The fourth-order valence-corrected chi connectivity index (χ4v) is 8.37. The van der Waals surface area contributed by atoms with Crippen LogP contribution in [0.2, 0.25) is 0 Å². The van der Waals surface area contributed by atoms with Gasteiger partial charge in [0.05, 0.1) is 26.2 Å². The summed E-state index contributed by atoms with van der Waals surface area (Å²) in [5.41, 5.74) is 4.82. The summed E-state index contributed by atoms with van der Waals surface area (Å²) in [6.45, 7) is 0. The van der Waals surface area contributed by atoms with E-state index in [9.17, 15) is 9.59 Å². The molecule has 1 fully saturated rings. The topological polar surface area (TPSA) is 37.4 Å². The number of halogens is 3. The van der Waals surface area contributed by atoms with Gasteiger partial charge in [0.15, 0.2) is 0 Å². The average Bonchev–Trinajstić information content (AvgIpc) is 3.03. The SMILES string of the molecule is O=C1[C@@H]2[C@H](C(=O)N1c1cccc(I)c1)C1(Br)c3ccccc3C2(Br)c2ccccc21. The Morgan fingerprint density at radius 3 is 1.53 bits per heavy atom. The predicted molar refractivity (Wildman–Crippen MR) is 131 cm³/mol. The van der Waals surface area contributed by atoms with E-state index in [0.29, 0.717) is 5.69 Å². The highest BCUT2D eigenvalue weighted by Crippen LogP contribution is 2.70. The van der Waals surface area contributed by atoms with Crippen molar-refractivity contribution in [3.63, 3.8) is 0 Å². The molecule has 3 aliphatic carbocycles. The number of nitrogens with zero attached hydrogens (tertiary/aromatic N) is 1. The van der Waals surface area contributed by atoms with E-state index in [1.807, 2.05) is 48.5 Å². The number of alkyl halides is 2. The molecule has 0 N–H and O–H groups in total. The van der Waals surface area contributed by atoms with Crippen molar-refractivity contribution in [1.29, 1.82) is 0 Å². The molecule has 0 unspecified atom stereocenters. The molecule has 6 heteroatoms. The van der Waals surface area contributed by atoms with Crippen LogP contribution in [0.1, 0.15) is 22.3 Å². The Bertz CT molecular complexity index is 1150. The van der Waals surface area contributed by atoms with Gasteiger partial charge < -0.3 is 0 Å². The Morgan fingerprint density at radius 1 is 0.700 bits per heavy atom. The van der Waals surface area contributed by atoms with E-state index in [2.05, 4.69) is 78.7 Å². The maximum Gasteiger partial charge on any atom is 0.239 e. The van der Waals surface area contributed by atoms with Gasteiger partial charge in [-0.15, -0.1) is 0 Å². The minimum Gasteiger partial charge on any atom is -0.274 e. The number of carbonyl (C=O) groups excluding carboxylic acids is 2. The van der Waals surface area contributed by atoms with E-state index in [1.54, 1.807) is 0 Å². The lowest BCUT2D eigenvalue weighted by Gasteiger charge is -2.55. The van der Waals surface area contributed by atoms with Gasteiger partial charge in [-0.05, 0) is 63.0 Å². The summed E-state index contributed by atoms with van der Waals surface area (Å²) < 4.78 is -0.509. The minimum atomic E-state index is -0.746. The molecule has 7 rings (SSSR count). The van der Waals surface area contributed by atoms with Crippen LogP contribution in [0.3, 0.4) is 0 Å². The lowest BCUT2D eigenvalue weighted by molar-refractivity contribution is -0.122. The van der Waals surface area contributed by atoms with Crippen molar-refractivity contribution in [3.05, 3.63) is 98.6 Å². The third-order valence-corrected chi connectivity index (χ3v) is 10.0. The molecule has 2 bridgehead atoms. The van der Waals surface area contributed by atoms with E-state index >= 15 is 0 Å². The summed E-state index contributed by atoms with van der Waals surface area (Å²) >= 11 is 10.3. The quantitative estimate of drug-likeness (QED) is 0.196. The smallest absolute Gasteiger partial charge is 0.239 e. The fourth-order valence-electron chi connectivity index (χ4n) is 5.54. The van der Waals surface area contributed by atoms with E-state index in [1.165, 1.54) is 4.90 Å². The Morgan fingerprint density at radius 2 is 1.13 bits per heavy atom. The second-order valence-electron chi connectivity index (χ2n) is 7.96. The molecule has 2 amide bonds. The van der Waals surface area contributed by atoms with Crippen LogP contribution in [0.4, 0.5) is 5.69 Å². The molecule has 148 valence electrons. The first-order chi connectivity index (χ1) is 14.4. The Labute approximate surface area is 204 Å². The van der Waals surface area contributed by atoms with E-state index < -0.39 is 20.5 Å².